The van der Waals surface area contributed by atoms with Crippen molar-refractivity contribution < 1.29 is 4.79 Å². The van der Waals surface area contributed by atoms with Crippen LogP contribution in [0.25, 0.3) is 0 Å². The Morgan fingerprint density at radius 2 is 2.14 bits per heavy atom. The lowest BCUT2D eigenvalue weighted by Crippen LogP contribution is -2.12. The van der Waals surface area contributed by atoms with E-state index in [-0.39, 0.29) is 5.78 Å². The van der Waals surface area contributed by atoms with Crippen LogP contribution in [0.3, 0.4) is 0 Å². The van der Waals surface area contributed by atoms with Gasteiger partial charge in [0, 0.05) is 17.0 Å². The molecule has 0 aromatic heterocycles. The molecule has 0 fully saturated rings. The first-order chi connectivity index (χ1) is 6.72. The van der Waals surface area contributed by atoms with Crippen molar-refractivity contribution in [1.29, 1.82) is 0 Å². The second-order valence-electron chi connectivity index (χ2n) is 3.72. The van der Waals surface area contributed by atoms with Crippen LogP contribution in [0.15, 0.2) is 12.1 Å². The predicted octanol–water partition coefficient (Wildman–Crippen LogP) is 3.42. The van der Waals surface area contributed by atoms with Crippen molar-refractivity contribution in [2.45, 2.75) is 32.6 Å². The van der Waals surface area contributed by atoms with E-state index < -0.39 is 0 Å². The fourth-order valence-electron chi connectivity index (χ4n) is 2.11. The van der Waals surface area contributed by atoms with Gasteiger partial charge in [-0.1, -0.05) is 18.5 Å². The topological polar surface area (TPSA) is 17.1 Å². The molecule has 0 spiro atoms. The summed E-state index contributed by atoms with van der Waals surface area (Å²) in [5.41, 5.74) is 3.33. The van der Waals surface area contributed by atoms with Gasteiger partial charge in [-0.25, -0.2) is 0 Å². The average Bonchev–Trinajstić information content (AvgIpc) is 2.18. The standard InChI is InChI=1S/C12H13ClO/c1-2-8-6-9(13)7-11-10(8)4-3-5-12(11)14/h6-7H,2-5H2,1H3. The van der Waals surface area contributed by atoms with E-state index in [0.29, 0.717) is 11.4 Å². The molecular weight excluding hydrogens is 196 g/mol. The number of fused-ring (bicyclic) bond motifs is 1. The monoisotopic (exact) mass is 208 g/mol. The maximum Gasteiger partial charge on any atom is 0.163 e. The zero-order valence-corrected chi connectivity index (χ0v) is 9.03. The van der Waals surface area contributed by atoms with Crippen molar-refractivity contribution in [3.8, 4) is 0 Å². The Bertz CT molecular complexity index is 382. The molecule has 1 nitrogen and oxygen atoms in total. The van der Waals surface area contributed by atoms with Crippen molar-refractivity contribution in [2.75, 3.05) is 0 Å². The van der Waals surface area contributed by atoms with Crippen LogP contribution < -0.4 is 0 Å². The normalized spacial score (nSPS) is 15.4. The summed E-state index contributed by atoms with van der Waals surface area (Å²) in [6.45, 7) is 2.10. The van der Waals surface area contributed by atoms with Gasteiger partial charge in [-0.3, -0.25) is 4.79 Å². The molecular formula is C12H13ClO. The number of rotatable bonds is 1. The third kappa shape index (κ3) is 1.57. The minimum atomic E-state index is 0.253. The van der Waals surface area contributed by atoms with Crippen molar-refractivity contribution >= 4 is 17.4 Å². The quantitative estimate of drug-likeness (QED) is 0.691. The predicted molar refractivity (Wildman–Crippen MR) is 58.1 cm³/mol. The van der Waals surface area contributed by atoms with Crippen LogP contribution in [-0.2, 0) is 12.8 Å². The van der Waals surface area contributed by atoms with Gasteiger partial charge in [0.1, 0.15) is 0 Å². The molecule has 0 heterocycles. The SMILES string of the molecule is CCc1cc(Cl)cc2c1CCCC2=O. The van der Waals surface area contributed by atoms with Crippen molar-refractivity contribution in [2.24, 2.45) is 0 Å². The largest absolute Gasteiger partial charge is 0.294 e. The van der Waals surface area contributed by atoms with Crippen LogP contribution in [0.4, 0.5) is 0 Å². The maximum absolute atomic E-state index is 11.6. The Labute approximate surface area is 89.1 Å². The molecule has 0 atom stereocenters. The number of carbonyl (C=O) groups excluding carboxylic acids is 1. The Morgan fingerprint density at radius 1 is 1.36 bits per heavy atom. The number of hydrogen-bond donors (Lipinski definition) is 0. The molecule has 1 aliphatic carbocycles. The highest BCUT2D eigenvalue weighted by molar-refractivity contribution is 6.31. The zero-order valence-electron chi connectivity index (χ0n) is 8.27. The minimum Gasteiger partial charge on any atom is -0.294 e. The van der Waals surface area contributed by atoms with Gasteiger partial charge in [0.25, 0.3) is 0 Å². The fraction of sp³-hybridized carbons (Fsp3) is 0.417. The number of carbonyl (C=O) groups is 1. The van der Waals surface area contributed by atoms with E-state index in [2.05, 4.69) is 6.92 Å². The maximum atomic E-state index is 11.6. The molecule has 1 aromatic rings. The van der Waals surface area contributed by atoms with Crippen molar-refractivity contribution in [3.63, 3.8) is 0 Å². The molecule has 0 bridgehead atoms. The molecule has 74 valence electrons. The summed E-state index contributed by atoms with van der Waals surface area (Å²) in [5, 5.41) is 0.691. The lowest BCUT2D eigenvalue weighted by molar-refractivity contribution is 0.0972. The van der Waals surface area contributed by atoms with Crippen LogP contribution in [-0.4, -0.2) is 5.78 Å². The zero-order chi connectivity index (χ0) is 10.1. The van der Waals surface area contributed by atoms with E-state index in [4.69, 9.17) is 11.6 Å². The van der Waals surface area contributed by atoms with Crippen LogP contribution in [0.1, 0.15) is 41.3 Å². The Balaban J connectivity index is 2.60. The molecule has 0 amide bonds. The summed E-state index contributed by atoms with van der Waals surface area (Å²) in [7, 11) is 0. The van der Waals surface area contributed by atoms with Gasteiger partial charge in [-0.05, 0) is 42.5 Å². The van der Waals surface area contributed by atoms with Gasteiger partial charge in [-0.15, -0.1) is 0 Å². The average molecular weight is 209 g/mol. The number of Topliss-reactive ketones (excluding diaryl/α,β-unsaturated/α-hetero) is 1. The molecule has 0 unspecified atom stereocenters. The summed E-state index contributed by atoms with van der Waals surface area (Å²) in [6, 6.07) is 3.80. The van der Waals surface area contributed by atoms with Gasteiger partial charge in [0.05, 0.1) is 0 Å². The molecule has 14 heavy (non-hydrogen) atoms. The molecule has 0 N–H and O–H groups in total. The first kappa shape index (κ1) is 9.72. The summed E-state index contributed by atoms with van der Waals surface area (Å²) in [4.78, 5) is 11.6. The lowest BCUT2D eigenvalue weighted by atomic mass is 9.87. The number of ketones is 1. The molecule has 2 heteroatoms. The Kier molecular flexibility index (Phi) is 2.60. The highest BCUT2D eigenvalue weighted by atomic mass is 35.5. The summed E-state index contributed by atoms with van der Waals surface area (Å²) in [6.07, 6.45) is 3.65. The Hall–Kier alpha value is -0.820. The van der Waals surface area contributed by atoms with E-state index in [1.54, 1.807) is 0 Å². The van der Waals surface area contributed by atoms with Gasteiger partial charge >= 0.3 is 0 Å². The van der Waals surface area contributed by atoms with Gasteiger partial charge in [-0.2, -0.15) is 0 Å². The van der Waals surface area contributed by atoms with Crippen LogP contribution in [0, 0.1) is 0 Å². The van der Waals surface area contributed by atoms with E-state index in [0.717, 1.165) is 24.8 Å². The van der Waals surface area contributed by atoms with Gasteiger partial charge in [0.2, 0.25) is 0 Å². The second kappa shape index (κ2) is 3.74. The molecule has 0 aliphatic heterocycles. The highest BCUT2D eigenvalue weighted by Crippen LogP contribution is 2.28. The van der Waals surface area contributed by atoms with Gasteiger partial charge < -0.3 is 0 Å². The second-order valence-corrected chi connectivity index (χ2v) is 4.16. The number of halogens is 1. The third-order valence-electron chi connectivity index (χ3n) is 2.82. The van der Waals surface area contributed by atoms with Crippen molar-refractivity contribution in [3.05, 3.63) is 33.8 Å². The number of aryl methyl sites for hydroxylation is 1. The molecule has 1 aliphatic rings. The van der Waals surface area contributed by atoms with E-state index >= 15 is 0 Å². The summed E-state index contributed by atoms with van der Waals surface area (Å²) in [5.74, 6) is 0.253. The molecule has 0 saturated heterocycles. The molecule has 1 aromatic carbocycles. The summed E-state index contributed by atoms with van der Waals surface area (Å²) < 4.78 is 0. The number of hydrogen-bond acceptors (Lipinski definition) is 1. The first-order valence-electron chi connectivity index (χ1n) is 5.07. The first-order valence-corrected chi connectivity index (χ1v) is 5.44. The van der Waals surface area contributed by atoms with E-state index in [9.17, 15) is 4.79 Å². The minimum absolute atomic E-state index is 0.253. The van der Waals surface area contributed by atoms with Crippen LogP contribution in [0.5, 0.6) is 0 Å². The van der Waals surface area contributed by atoms with Crippen molar-refractivity contribution in [1.82, 2.24) is 0 Å². The highest BCUT2D eigenvalue weighted by Gasteiger charge is 2.19. The van der Waals surface area contributed by atoms with Gasteiger partial charge in [0.15, 0.2) is 5.78 Å². The smallest absolute Gasteiger partial charge is 0.163 e. The molecule has 2 rings (SSSR count). The molecule has 0 radical (unpaired) electrons. The van der Waals surface area contributed by atoms with Crippen LogP contribution in [0.2, 0.25) is 5.02 Å². The Morgan fingerprint density at radius 3 is 2.86 bits per heavy atom. The van der Waals surface area contributed by atoms with E-state index in [1.807, 2.05) is 12.1 Å². The molecule has 0 saturated carbocycles. The lowest BCUT2D eigenvalue weighted by Gasteiger charge is -2.18. The fourth-order valence-corrected chi connectivity index (χ4v) is 2.35. The summed E-state index contributed by atoms with van der Waals surface area (Å²) >= 11 is 5.97. The van der Waals surface area contributed by atoms with Crippen LogP contribution >= 0.6 is 11.6 Å². The third-order valence-corrected chi connectivity index (χ3v) is 3.04. The van der Waals surface area contributed by atoms with E-state index in [1.165, 1.54) is 11.1 Å². The number of benzene rings is 1.